The van der Waals surface area contributed by atoms with Gasteiger partial charge >= 0.3 is 0 Å². The van der Waals surface area contributed by atoms with Crippen LogP contribution in [-0.2, 0) is 9.47 Å². The molecular formula is C11H18O2. The van der Waals surface area contributed by atoms with Gasteiger partial charge in [0.25, 0.3) is 0 Å². The van der Waals surface area contributed by atoms with Crippen LogP contribution in [0.3, 0.4) is 0 Å². The third-order valence-electron chi connectivity index (χ3n) is 3.06. The topological polar surface area (TPSA) is 18.5 Å². The molecule has 0 amide bonds. The van der Waals surface area contributed by atoms with E-state index in [0.29, 0.717) is 5.92 Å². The minimum Gasteiger partial charge on any atom is -0.344 e. The van der Waals surface area contributed by atoms with Crippen LogP contribution in [0.4, 0.5) is 0 Å². The van der Waals surface area contributed by atoms with Crippen molar-refractivity contribution >= 4 is 0 Å². The first-order chi connectivity index (χ1) is 6.22. The lowest BCUT2D eigenvalue weighted by molar-refractivity contribution is -0.128. The highest BCUT2D eigenvalue weighted by atomic mass is 16.7. The maximum absolute atomic E-state index is 5.60. The molecule has 1 atom stereocenters. The molecule has 1 heterocycles. The molecule has 2 aliphatic rings. The lowest BCUT2D eigenvalue weighted by atomic mass is 9.84. The van der Waals surface area contributed by atoms with Gasteiger partial charge in [-0.25, -0.2) is 0 Å². The first-order valence-corrected chi connectivity index (χ1v) is 5.19. The van der Waals surface area contributed by atoms with Crippen molar-refractivity contribution in [2.45, 2.75) is 32.5 Å². The van der Waals surface area contributed by atoms with Crippen LogP contribution in [0.25, 0.3) is 0 Å². The first-order valence-electron chi connectivity index (χ1n) is 5.19. The molecule has 0 bridgehead atoms. The van der Waals surface area contributed by atoms with E-state index >= 15 is 0 Å². The highest BCUT2D eigenvalue weighted by Gasteiger charge is 2.36. The quantitative estimate of drug-likeness (QED) is 0.579. The smallest absolute Gasteiger partial charge is 0.188 e. The number of ether oxygens (including phenoxy) is 2. The third kappa shape index (κ3) is 1.79. The van der Waals surface area contributed by atoms with Crippen molar-refractivity contribution in [1.29, 1.82) is 0 Å². The van der Waals surface area contributed by atoms with Gasteiger partial charge in [-0.1, -0.05) is 19.9 Å². The summed E-state index contributed by atoms with van der Waals surface area (Å²) in [5.74, 6) is 1.10. The fourth-order valence-corrected chi connectivity index (χ4v) is 2.08. The molecule has 2 heteroatoms. The van der Waals surface area contributed by atoms with E-state index in [1.165, 1.54) is 6.42 Å². The van der Waals surface area contributed by atoms with Crippen molar-refractivity contribution in [3.63, 3.8) is 0 Å². The van der Waals surface area contributed by atoms with E-state index in [1.807, 2.05) is 0 Å². The van der Waals surface area contributed by atoms with Gasteiger partial charge in [-0.05, 0) is 24.3 Å². The summed E-state index contributed by atoms with van der Waals surface area (Å²) in [6, 6.07) is 0. The van der Waals surface area contributed by atoms with Crippen LogP contribution < -0.4 is 0 Å². The molecule has 0 aromatic carbocycles. The number of hydrogen-bond donors (Lipinski definition) is 0. The fourth-order valence-electron chi connectivity index (χ4n) is 2.08. The second-order valence-corrected chi connectivity index (χ2v) is 4.31. The Morgan fingerprint density at radius 2 is 2.00 bits per heavy atom. The normalized spacial score (nSPS) is 31.8. The lowest BCUT2D eigenvalue weighted by Crippen LogP contribution is -2.31. The van der Waals surface area contributed by atoms with Gasteiger partial charge in [-0.3, -0.25) is 0 Å². The average Bonchev–Trinajstić information content (AvgIpc) is 2.54. The van der Waals surface area contributed by atoms with Crippen LogP contribution in [0.5, 0.6) is 0 Å². The van der Waals surface area contributed by atoms with E-state index in [0.717, 1.165) is 25.6 Å². The predicted molar refractivity (Wildman–Crippen MR) is 51.3 cm³/mol. The number of rotatable bonds is 1. The second kappa shape index (κ2) is 3.43. The standard InChI is InChI=1S/C11H18O2/c1-9(2)10-3-5-11(6-4-10)12-7-8-13-11/h3,5,9-10H,4,6-8H2,1-2H3. The van der Waals surface area contributed by atoms with Crippen molar-refractivity contribution in [3.8, 4) is 0 Å². The van der Waals surface area contributed by atoms with Gasteiger partial charge in [0.2, 0.25) is 0 Å². The summed E-state index contributed by atoms with van der Waals surface area (Å²) < 4.78 is 11.2. The Kier molecular flexibility index (Phi) is 2.43. The molecule has 0 radical (unpaired) electrons. The van der Waals surface area contributed by atoms with E-state index in [4.69, 9.17) is 9.47 Å². The number of hydrogen-bond acceptors (Lipinski definition) is 2. The van der Waals surface area contributed by atoms with Gasteiger partial charge in [0, 0.05) is 6.42 Å². The molecule has 0 saturated carbocycles. The minimum atomic E-state index is -0.342. The molecule has 1 fully saturated rings. The Hall–Kier alpha value is -0.340. The summed E-state index contributed by atoms with van der Waals surface area (Å²) in [4.78, 5) is 0. The molecule has 1 aliphatic heterocycles. The van der Waals surface area contributed by atoms with Crippen LogP contribution in [0, 0.1) is 11.8 Å². The third-order valence-corrected chi connectivity index (χ3v) is 3.06. The maximum atomic E-state index is 5.60. The molecule has 1 unspecified atom stereocenters. The summed E-state index contributed by atoms with van der Waals surface area (Å²) in [6.07, 6.45) is 6.59. The molecule has 0 aromatic heterocycles. The SMILES string of the molecule is CC(C)C1C=CC2(CC1)OCCO2. The summed E-state index contributed by atoms with van der Waals surface area (Å²) in [5.41, 5.74) is 0. The zero-order valence-electron chi connectivity index (χ0n) is 8.45. The molecule has 74 valence electrons. The Balaban J connectivity index is 2.02. The lowest BCUT2D eigenvalue weighted by Gasteiger charge is -2.31. The van der Waals surface area contributed by atoms with E-state index < -0.39 is 0 Å². The second-order valence-electron chi connectivity index (χ2n) is 4.31. The molecule has 2 nitrogen and oxygen atoms in total. The maximum Gasteiger partial charge on any atom is 0.188 e. The van der Waals surface area contributed by atoms with Crippen LogP contribution in [-0.4, -0.2) is 19.0 Å². The Morgan fingerprint density at radius 3 is 2.46 bits per heavy atom. The Morgan fingerprint density at radius 1 is 1.31 bits per heavy atom. The zero-order chi connectivity index (χ0) is 9.31. The first kappa shape index (κ1) is 9.22. The predicted octanol–water partition coefficient (Wildman–Crippen LogP) is 2.35. The van der Waals surface area contributed by atoms with Gasteiger partial charge in [0.05, 0.1) is 13.2 Å². The fraction of sp³-hybridized carbons (Fsp3) is 0.818. The summed E-state index contributed by atoms with van der Waals surface area (Å²) in [7, 11) is 0. The van der Waals surface area contributed by atoms with Crippen molar-refractivity contribution in [2.75, 3.05) is 13.2 Å². The van der Waals surface area contributed by atoms with Crippen molar-refractivity contribution in [3.05, 3.63) is 12.2 Å². The van der Waals surface area contributed by atoms with E-state index in [1.54, 1.807) is 0 Å². The van der Waals surface area contributed by atoms with Crippen molar-refractivity contribution < 1.29 is 9.47 Å². The summed E-state index contributed by atoms with van der Waals surface area (Å²) in [5, 5.41) is 0. The van der Waals surface area contributed by atoms with Gasteiger partial charge in [0.1, 0.15) is 0 Å². The molecule has 13 heavy (non-hydrogen) atoms. The van der Waals surface area contributed by atoms with Gasteiger partial charge in [-0.2, -0.15) is 0 Å². The van der Waals surface area contributed by atoms with Crippen LogP contribution in [0.1, 0.15) is 26.7 Å². The van der Waals surface area contributed by atoms with Gasteiger partial charge in [0.15, 0.2) is 5.79 Å². The van der Waals surface area contributed by atoms with Crippen LogP contribution in [0.2, 0.25) is 0 Å². The van der Waals surface area contributed by atoms with Gasteiger partial charge < -0.3 is 9.47 Å². The number of allylic oxidation sites excluding steroid dienone is 1. The summed E-state index contributed by atoms with van der Waals surface area (Å²) in [6.45, 7) is 6.03. The van der Waals surface area contributed by atoms with Gasteiger partial charge in [-0.15, -0.1) is 0 Å². The molecule has 1 aliphatic carbocycles. The van der Waals surface area contributed by atoms with Crippen LogP contribution >= 0.6 is 0 Å². The highest BCUT2D eigenvalue weighted by molar-refractivity contribution is 5.06. The Bertz CT molecular complexity index is 202. The highest BCUT2D eigenvalue weighted by Crippen LogP contribution is 2.35. The summed E-state index contributed by atoms with van der Waals surface area (Å²) >= 11 is 0. The molecule has 1 saturated heterocycles. The molecule has 1 spiro atoms. The van der Waals surface area contributed by atoms with E-state index in [9.17, 15) is 0 Å². The molecule has 0 aromatic rings. The minimum absolute atomic E-state index is 0.342. The molecule has 2 rings (SSSR count). The Labute approximate surface area is 79.9 Å². The zero-order valence-corrected chi connectivity index (χ0v) is 8.45. The van der Waals surface area contributed by atoms with E-state index in [-0.39, 0.29) is 5.79 Å². The van der Waals surface area contributed by atoms with Crippen molar-refractivity contribution in [2.24, 2.45) is 11.8 Å². The largest absolute Gasteiger partial charge is 0.344 e. The monoisotopic (exact) mass is 182 g/mol. The molecule has 0 N–H and O–H groups in total. The van der Waals surface area contributed by atoms with Crippen LogP contribution in [0.15, 0.2) is 12.2 Å². The average molecular weight is 182 g/mol. The van der Waals surface area contributed by atoms with E-state index in [2.05, 4.69) is 26.0 Å². The van der Waals surface area contributed by atoms with Crippen molar-refractivity contribution in [1.82, 2.24) is 0 Å². The molecular weight excluding hydrogens is 164 g/mol.